The van der Waals surface area contributed by atoms with E-state index in [-0.39, 0.29) is 0 Å². The fraction of sp³-hybridized carbons (Fsp3) is 0.400. The number of fused-ring (bicyclic) bond motifs is 1. The summed E-state index contributed by atoms with van der Waals surface area (Å²) in [6.45, 7) is 4.18. The Balaban J connectivity index is 2.12. The van der Waals surface area contributed by atoms with Gasteiger partial charge >= 0.3 is 5.97 Å². The lowest BCUT2D eigenvalue weighted by atomic mass is 10.2. The van der Waals surface area contributed by atoms with Crippen molar-refractivity contribution in [2.24, 2.45) is 0 Å². The minimum absolute atomic E-state index is 0.351. The maximum absolute atomic E-state index is 11.2. The number of hydrogen-bond donors (Lipinski definition) is 1. The summed E-state index contributed by atoms with van der Waals surface area (Å²) in [4.78, 5) is 11.2. The van der Waals surface area contributed by atoms with Crippen LogP contribution in [0.25, 0.3) is 10.9 Å². The standard InChI is InChI=1S/C15H19NO3/c1-2-3-9-19-10-8-16-11-13(15(17)18)12-6-4-5-7-14(12)16/h4-7,11H,2-3,8-10H2,1H3,(H,17,18). The van der Waals surface area contributed by atoms with Crippen LogP contribution >= 0.6 is 0 Å². The predicted molar refractivity (Wildman–Crippen MR) is 74.6 cm³/mol. The first kappa shape index (κ1) is 13.6. The summed E-state index contributed by atoms with van der Waals surface area (Å²) in [5.74, 6) is -0.887. The van der Waals surface area contributed by atoms with E-state index in [1.807, 2.05) is 28.8 Å². The van der Waals surface area contributed by atoms with Crippen LogP contribution in [0.15, 0.2) is 30.5 Å². The normalized spacial score (nSPS) is 11.0. The van der Waals surface area contributed by atoms with Crippen molar-refractivity contribution in [2.75, 3.05) is 13.2 Å². The van der Waals surface area contributed by atoms with Crippen molar-refractivity contribution in [3.8, 4) is 0 Å². The number of hydrogen-bond acceptors (Lipinski definition) is 2. The second kappa shape index (κ2) is 6.38. The van der Waals surface area contributed by atoms with Crippen LogP contribution in [-0.4, -0.2) is 28.9 Å². The Bertz CT molecular complexity index is 560. The second-order valence-electron chi connectivity index (χ2n) is 4.52. The van der Waals surface area contributed by atoms with Crippen molar-refractivity contribution < 1.29 is 14.6 Å². The van der Waals surface area contributed by atoms with Gasteiger partial charge in [-0.1, -0.05) is 31.5 Å². The van der Waals surface area contributed by atoms with E-state index in [0.29, 0.717) is 18.7 Å². The molecule has 0 saturated heterocycles. The number of rotatable bonds is 7. The van der Waals surface area contributed by atoms with Crippen molar-refractivity contribution in [3.05, 3.63) is 36.0 Å². The van der Waals surface area contributed by atoms with Crippen LogP contribution in [0.2, 0.25) is 0 Å². The SMILES string of the molecule is CCCCOCCn1cc(C(=O)O)c2ccccc21. The molecule has 0 aliphatic carbocycles. The Morgan fingerprint density at radius 2 is 2.11 bits per heavy atom. The predicted octanol–water partition coefficient (Wildman–Crippen LogP) is 3.16. The van der Waals surface area contributed by atoms with Crippen LogP contribution < -0.4 is 0 Å². The van der Waals surface area contributed by atoms with Gasteiger partial charge in [0.2, 0.25) is 0 Å². The highest BCUT2D eigenvalue weighted by Crippen LogP contribution is 2.21. The molecule has 0 fully saturated rings. The number of unbranched alkanes of at least 4 members (excludes halogenated alkanes) is 1. The van der Waals surface area contributed by atoms with E-state index < -0.39 is 5.97 Å². The lowest BCUT2D eigenvalue weighted by Gasteiger charge is -2.06. The lowest BCUT2D eigenvalue weighted by molar-refractivity contribution is 0.0698. The average Bonchev–Trinajstić information content (AvgIpc) is 2.78. The molecule has 0 aliphatic heterocycles. The monoisotopic (exact) mass is 261 g/mol. The molecule has 0 atom stereocenters. The minimum Gasteiger partial charge on any atom is -0.478 e. The second-order valence-corrected chi connectivity index (χ2v) is 4.52. The molecular formula is C15H19NO3. The molecule has 0 saturated carbocycles. The van der Waals surface area contributed by atoms with Crippen LogP contribution in [0.5, 0.6) is 0 Å². The first-order valence-electron chi connectivity index (χ1n) is 6.63. The molecule has 0 spiro atoms. The Hall–Kier alpha value is -1.81. The molecule has 2 rings (SSSR count). The molecule has 1 aromatic carbocycles. The molecule has 0 radical (unpaired) electrons. The van der Waals surface area contributed by atoms with E-state index in [2.05, 4.69) is 6.92 Å². The van der Waals surface area contributed by atoms with Crippen molar-refractivity contribution in [1.82, 2.24) is 4.57 Å². The summed E-state index contributed by atoms with van der Waals surface area (Å²) in [7, 11) is 0. The van der Waals surface area contributed by atoms with Gasteiger partial charge < -0.3 is 14.4 Å². The molecule has 1 aromatic heterocycles. The van der Waals surface area contributed by atoms with Gasteiger partial charge in [-0.3, -0.25) is 0 Å². The number of benzene rings is 1. The van der Waals surface area contributed by atoms with Crippen LogP contribution in [0.3, 0.4) is 0 Å². The fourth-order valence-corrected chi connectivity index (χ4v) is 2.11. The molecule has 0 unspecified atom stereocenters. The summed E-state index contributed by atoms with van der Waals surface area (Å²) >= 11 is 0. The average molecular weight is 261 g/mol. The van der Waals surface area contributed by atoms with E-state index in [0.717, 1.165) is 30.4 Å². The maximum Gasteiger partial charge on any atom is 0.337 e. The van der Waals surface area contributed by atoms with Crippen molar-refractivity contribution >= 4 is 16.9 Å². The number of nitrogens with zero attached hydrogens (tertiary/aromatic N) is 1. The highest BCUT2D eigenvalue weighted by atomic mass is 16.5. The quantitative estimate of drug-likeness (QED) is 0.779. The van der Waals surface area contributed by atoms with Crippen LogP contribution in [0.1, 0.15) is 30.1 Å². The number of para-hydroxylation sites is 1. The molecule has 2 aromatic rings. The zero-order chi connectivity index (χ0) is 13.7. The van der Waals surface area contributed by atoms with Gasteiger partial charge in [0.05, 0.1) is 12.2 Å². The molecule has 0 amide bonds. The molecule has 1 heterocycles. The lowest BCUT2D eigenvalue weighted by Crippen LogP contribution is -2.06. The summed E-state index contributed by atoms with van der Waals surface area (Å²) in [6, 6.07) is 7.56. The maximum atomic E-state index is 11.2. The Labute approximate surface area is 112 Å². The fourth-order valence-electron chi connectivity index (χ4n) is 2.11. The molecule has 102 valence electrons. The summed E-state index contributed by atoms with van der Waals surface area (Å²) < 4.78 is 7.48. The minimum atomic E-state index is -0.887. The first-order chi connectivity index (χ1) is 9.24. The van der Waals surface area contributed by atoms with Crippen molar-refractivity contribution in [3.63, 3.8) is 0 Å². The van der Waals surface area contributed by atoms with E-state index in [1.165, 1.54) is 0 Å². The molecule has 4 nitrogen and oxygen atoms in total. The van der Waals surface area contributed by atoms with Gasteiger partial charge in [-0.25, -0.2) is 4.79 Å². The number of aromatic carboxylic acids is 1. The zero-order valence-corrected chi connectivity index (χ0v) is 11.1. The van der Waals surface area contributed by atoms with Gasteiger partial charge in [0.25, 0.3) is 0 Å². The van der Waals surface area contributed by atoms with E-state index in [4.69, 9.17) is 4.74 Å². The largest absolute Gasteiger partial charge is 0.478 e. The van der Waals surface area contributed by atoms with E-state index in [1.54, 1.807) is 6.20 Å². The first-order valence-corrected chi connectivity index (χ1v) is 6.63. The third-order valence-electron chi connectivity index (χ3n) is 3.14. The summed E-state index contributed by atoms with van der Waals surface area (Å²) in [5.41, 5.74) is 1.29. The Morgan fingerprint density at radius 3 is 2.84 bits per heavy atom. The van der Waals surface area contributed by atoms with Gasteiger partial charge in [0.15, 0.2) is 0 Å². The Kier molecular flexibility index (Phi) is 4.58. The molecule has 0 aliphatic rings. The highest BCUT2D eigenvalue weighted by Gasteiger charge is 2.13. The molecular weight excluding hydrogens is 242 g/mol. The topological polar surface area (TPSA) is 51.5 Å². The third kappa shape index (κ3) is 3.15. The number of carboxylic acid groups (broad SMARTS) is 1. The molecule has 19 heavy (non-hydrogen) atoms. The number of aromatic nitrogens is 1. The summed E-state index contributed by atoms with van der Waals surface area (Å²) in [5, 5.41) is 9.97. The number of carbonyl (C=O) groups is 1. The highest BCUT2D eigenvalue weighted by molar-refractivity contribution is 6.03. The van der Waals surface area contributed by atoms with Gasteiger partial charge in [-0.2, -0.15) is 0 Å². The smallest absolute Gasteiger partial charge is 0.337 e. The van der Waals surface area contributed by atoms with Gasteiger partial charge in [0, 0.05) is 30.3 Å². The van der Waals surface area contributed by atoms with Crippen molar-refractivity contribution in [1.29, 1.82) is 0 Å². The molecule has 1 N–H and O–H groups in total. The van der Waals surface area contributed by atoms with Gasteiger partial charge in [-0.05, 0) is 12.5 Å². The Morgan fingerprint density at radius 1 is 1.32 bits per heavy atom. The van der Waals surface area contributed by atoms with E-state index >= 15 is 0 Å². The zero-order valence-electron chi connectivity index (χ0n) is 11.1. The summed E-state index contributed by atoms with van der Waals surface area (Å²) in [6.07, 6.45) is 3.87. The molecule has 0 bridgehead atoms. The van der Waals surface area contributed by atoms with Gasteiger partial charge in [-0.15, -0.1) is 0 Å². The van der Waals surface area contributed by atoms with Crippen molar-refractivity contribution in [2.45, 2.75) is 26.3 Å². The molecule has 4 heteroatoms. The van der Waals surface area contributed by atoms with Crippen LogP contribution in [0, 0.1) is 0 Å². The van der Waals surface area contributed by atoms with Crippen LogP contribution in [0.4, 0.5) is 0 Å². The number of carboxylic acids is 1. The third-order valence-corrected chi connectivity index (χ3v) is 3.14. The van der Waals surface area contributed by atoms with Gasteiger partial charge in [0.1, 0.15) is 0 Å². The van der Waals surface area contributed by atoms with Crippen LogP contribution in [-0.2, 0) is 11.3 Å². The van der Waals surface area contributed by atoms with E-state index in [9.17, 15) is 9.90 Å². The number of ether oxygens (including phenoxy) is 1.